The number of likely N-dealkylation sites (tertiary alicyclic amines) is 1. The van der Waals surface area contributed by atoms with Crippen molar-refractivity contribution >= 4 is 28.3 Å². The Bertz CT molecular complexity index is 1020. The summed E-state index contributed by atoms with van der Waals surface area (Å²) in [6.07, 6.45) is 3.45. The monoisotopic (exact) mass is 413 g/mol. The number of hydrogen-bond donors (Lipinski definition) is 1. The zero-order chi connectivity index (χ0) is 20.3. The van der Waals surface area contributed by atoms with Crippen LogP contribution in [0.2, 0.25) is 0 Å². The first-order chi connectivity index (χ1) is 13.9. The summed E-state index contributed by atoms with van der Waals surface area (Å²) >= 11 is 1.29. The predicted octanol–water partition coefficient (Wildman–Crippen LogP) is 3.08. The van der Waals surface area contributed by atoms with Crippen LogP contribution in [0.4, 0.5) is 9.52 Å². The molecule has 1 spiro atoms. The number of thiazole rings is 1. The largest absolute Gasteiger partial charge is 0.360 e. The average molecular weight is 413 g/mol. The molecule has 4 heterocycles. The van der Waals surface area contributed by atoms with Crippen LogP contribution in [0.15, 0.2) is 41.8 Å². The Morgan fingerprint density at radius 1 is 1.38 bits per heavy atom. The molecule has 2 amide bonds. The van der Waals surface area contributed by atoms with Gasteiger partial charge in [0.1, 0.15) is 11.4 Å². The maximum Gasteiger partial charge on any atom is 0.233 e. The first kappa shape index (κ1) is 18.4. The standard InChI is InChI=1S/C21H20FN3O3S/c1-11(2)25-10-21-8-7-15(28-21)16(17(21)19(25)27)18(26)24-20-23-14(9-29-20)12-3-5-13(22)6-4-12/h3-9,11,15-17H,10H2,1-2H3,(H,23,24,26). The third-order valence-corrected chi connectivity index (χ3v) is 6.69. The van der Waals surface area contributed by atoms with E-state index in [2.05, 4.69) is 10.3 Å². The molecule has 0 saturated carbocycles. The second-order valence-electron chi connectivity index (χ2n) is 7.99. The third-order valence-electron chi connectivity index (χ3n) is 5.93. The quantitative estimate of drug-likeness (QED) is 0.782. The molecule has 4 unspecified atom stereocenters. The van der Waals surface area contributed by atoms with Crippen molar-refractivity contribution in [1.82, 2.24) is 9.88 Å². The Balaban J connectivity index is 1.36. The molecular weight excluding hydrogens is 393 g/mol. The third kappa shape index (κ3) is 2.81. The fourth-order valence-electron chi connectivity index (χ4n) is 4.54. The summed E-state index contributed by atoms with van der Waals surface area (Å²) in [4.78, 5) is 32.3. The summed E-state index contributed by atoms with van der Waals surface area (Å²) < 4.78 is 19.2. The maximum absolute atomic E-state index is 13.1. The normalized spacial score (nSPS) is 29.7. The highest BCUT2D eigenvalue weighted by molar-refractivity contribution is 7.14. The van der Waals surface area contributed by atoms with Gasteiger partial charge in [-0.3, -0.25) is 9.59 Å². The summed E-state index contributed by atoms with van der Waals surface area (Å²) in [5.41, 5.74) is 0.733. The molecule has 2 saturated heterocycles. The van der Waals surface area contributed by atoms with Crippen molar-refractivity contribution in [2.24, 2.45) is 11.8 Å². The van der Waals surface area contributed by atoms with Gasteiger partial charge >= 0.3 is 0 Å². The number of hydrogen-bond acceptors (Lipinski definition) is 5. The lowest BCUT2D eigenvalue weighted by Crippen LogP contribution is -2.42. The van der Waals surface area contributed by atoms with Gasteiger partial charge < -0.3 is 15.0 Å². The number of nitrogens with zero attached hydrogens (tertiary/aromatic N) is 2. The Hall–Kier alpha value is -2.58. The van der Waals surface area contributed by atoms with Crippen molar-refractivity contribution in [2.75, 3.05) is 11.9 Å². The predicted molar refractivity (Wildman–Crippen MR) is 107 cm³/mol. The Kier molecular flexibility index (Phi) is 4.11. The summed E-state index contributed by atoms with van der Waals surface area (Å²) in [6, 6.07) is 6.09. The van der Waals surface area contributed by atoms with Crippen molar-refractivity contribution in [3.63, 3.8) is 0 Å². The van der Waals surface area contributed by atoms with Gasteiger partial charge in [-0.05, 0) is 38.1 Å². The fraction of sp³-hybridized carbons (Fsp3) is 0.381. The summed E-state index contributed by atoms with van der Waals surface area (Å²) in [7, 11) is 0. The number of amides is 2. The topological polar surface area (TPSA) is 71.5 Å². The average Bonchev–Trinajstić information content (AvgIpc) is 3.43. The van der Waals surface area contributed by atoms with Gasteiger partial charge in [-0.1, -0.05) is 12.2 Å². The molecule has 2 aromatic rings. The molecule has 3 aliphatic rings. The van der Waals surface area contributed by atoms with E-state index in [9.17, 15) is 14.0 Å². The minimum Gasteiger partial charge on any atom is -0.360 e. The van der Waals surface area contributed by atoms with Gasteiger partial charge in [-0.25, -0.2) is 9.37 Å². The summed E-state index contributed by atoms with van der Waals surface area (Å²) in [5, 5.41) is 5.11. The number of anilines is 1. The summed E-state index contributed by atoms with van der Waals surface area (Å²) in [6.45, 7) is 4.41. The number of nitrogens with one attached hydrogen (secondary N) is 1. The molecule has 2 bridgehead atoms. The molecule has 1 aromatic carbocycles. The minimum absolute atomic E-state index is 0.0295. The van der Waals surface area contributed by atoms with E-state index in [4.69, 9.17) is 4.74 Å². The second-order valence-corrected chi connectivity index (χ2v) is 8.85. The van der Waals surface area contributed by atoms with Gasteiger partial charge in [0.25, 0.3) is 0 Å². The van der Waals surface area contributed by atoms with E-state index in [1.54, 1.807) is 17.0 Å². The van der Waals surface area contributed by atoms with E-state index in [1.165, 1.54) is 23.5 Å². The SMILES string of the molecule is CC(C)N1CC23C=CC(O2)C(C(=O)Nc2nc(-c4ccc(F)cc4)cs2)C3C1=O. The lowest BCUT2D eigenvalue weighted by atomic mass is 9.77. The molecule has 150 valence electrons. The maximum atomic E-state index is 13.1. The first-order valence-corrected chi connectivity index (χ1v) is 10.5. The van der Waals surface area contributed by atoms with Crippen LogP contribution in [0.25, 0.3) is 11.3 Å². The molecule has 5 rings (SSSR count). The molecule has 0 radical (unpaired) electrons. The number of carbonyl (C=O) groups is 2. The first-order valence-electron chi connectivity index (χ1n) is 9.58. The van der Waals surface area contributed by atoms with E-state index >= 15 is 0 Å². The molecule has 29 heavy (non-hydrogen) atoms. The van der Waals surface area contributed by atoms with Crippen LogP contribution in [0.3, 0.4) is 0 Å². The Morgan fingerprint density at radius 3 is 2.86 bits per heavy atom. The number of aromatic nitrogens is 1. The molecule has 6 nitrogen and oxygen atoms in total. The van der Waals surface area contributed by atoms with E-state index in [1.807, 2.05) is 31.4 Å². The van der Waals surface area contributed by atoms with Gasteiger partial charge in [0.15, 0.2) is 5.13 Å². The number of benzene rings is 1. The minimum atomic E-state index is -0.698. The van der Waals surface area contributed by atoms with Crippen LogP contribution in [0.5, 0.6) is 0 Å². The van der Waals surface area contributed by atoms with Crippen molar-refractivity contribution in [2.45, 2.75) is 31.6 Å². The van der Waals surface area contributed by atoms with Gasteiger partial charge in [-0.2, -0.15) is 0 Å². The highest BCUT2D eigenvalue weighted by atomic mass is 32.1. The summed E-state index contributed by atoms with van der Waals surface area (Å²) in [5.74, 6) is -1.68. The molecule has 1 aromatic heterocycles. The van der Waals surface area contributed by atoms with Gasteiger partial charge in [-0.15, -0.1) is 11.3 Å². The zero-order valence-corrected chi connectivity index (χ0v) is 16.8. The Labute approximate surface area is 171 Å². The number of fused-ring (bicyclic) bond motifs is 1. The lowest BCUT2D eigenvalue weighted by molar-refractivity contribution is -0.136. The number of ether oxygens (including phenoxy) is 1. The molecule has 3 aliphatic heterocycles. The van der Waals surface area contributed by atoms with Gasteiger partial charge in [0.05, 0.1) is 30.2 Å². The van der Waals surface area contributed by atoms with Crippen LogP contribution in [0.1, 0.15) is 13.8 Å². The number of rotatable bonds is 4. The smallest absolute Gasteiger partial charge is 0.233 e. The second kappa shape index (κ2) is 6.47. The number of halogens is 1. The van der Waals surface area contributed by atoms with E-state index < -0.39 is 23.5 Å². The van der Waals surface area contributed by atoms with Gasteiger partial charge in [0.2, 0.25) is 11.8 Å². The Morgan fingerprint density at radius 2 is 2.14 bits per heavy atom. The van der Waals surface area contributed by atoms with Crippen molar-refractivity contribution in [3.05, 3.63) is 47.6 Å². The fourth-order valence-corrected chi connectivity index (χ4v) is 5.26. The molecule has 4 atom stereocenters. The number of carbonyl (C=O) groups excluding carboxylic acids is 2. The van der Waals surface area contributed by atoms with Crippen LogP contribution in [0, 0.1) is 17.7 Å². The highest BCUT2D eigenvalue weighted by Gasteiger charge is 2.67. The van der Waals surface area contributed by atoms with Crippen LogP contribution < -0.4 is 5.32 Å². The van der Waals surface area contributed by atoms with Crippen molar-refractivity contribution < 1.29 is 18.7 Å². The molecule has 0 aliphatic carbocycles. The molecule has 2 fully saturated rings. The van der Waals surface area contributed by atoms with Crippen LogP contribution >= 0.6 is 11.3 Å². The van der Waals surface area contributed by atoms with Crippen LogP contribution in [-0.4, -0.2) is 46.0 Å². The molecular formula is C21H20FN3O3S. The van der Waals surface area contributed by atoms with E-state index in [0.29, 0.717) is 17.4 Å². The zero-order valence-electron chi connectivity index (χ0n) is 16.0. The van der Waals surface area contributed by atoms with Gasteiger partial charge in [0, 0.05) is 17.0 Å². The highest BCUT2D eigenvalue weighted by Crippen LogP contribution is 2.52. The van der Waals surface area contributed by atoms with Crippen LogP contribution in [-0.2, 0) is 14.3 Å². The molecule has 1 N–H and O–H groups in total. The van der Waals surface area contributed by atoms with E-state index in [0.717, 1.165) is 5.56 Å². The molecule has 8 heteroatoms. The van der Waals surface area contributed by atoms with Crippen molar-refractivity contribution in [1.29, 1.82) is 0 Å². The van der Waals surface area contributed by atoms with E-state index in [-0.39, 0.29) is 23.7 Å². The van der Waals surface area contributed by atoms with Crippen molar-refractivity contribution in [3.8, 4) is 11.3 Å². The lowest BCUT2D eigenvalue weighted by Gasteiger charge is -2.24.